The van der Waals surface area contributed by atoms with E-state index in [0.29, 0.717) is 52.4 Å². The highest BCUT2D eigenvalue weighted by atomic mass is 16.3. The number of hydrogen-bond acceptors (Lipinski definition) is 12. The van der Waals surface area contributed by atoms with Gasteiger partial charge >= 0.3 is 0 Å². The molecular weight excluding hydrogens is 1800 g/mol. The summed E-state index contributed by atoms with van der Waals surface area (Å²) in [6.07, 6.45) is 0. The average Bonchev–Trinajstić information content (AvgIpc) is 1.57. The fraction of sp³-hybridized carbons (Fsp3) is 0. The van der Waals surface area contributed by atoms with Crippen molar-refractivity contribution in [3.05, 3.63) is 491 Å². The number of furan rings is 3. The van der Waals surface area contributed by atoms with Crippen LogP contribution in [0, 0.1) is 0 Å². The van der Waals surface area contributed by atoms with Gasteiger partial charge in [0.25, 0.3) is 0 Å². The predicted octanol–water partition coefficient (Wildman–Crippen LogP) is 35.7. The topological polar surface area (TPSA) is 155 Å². The van der Waals surface area contributed by atoms with Gasteiger partial charge in [0.1, 0.15) is 33.5 Å². The first kappa shape index (κ1) is 85.1. The van der Waals surface area contributed by atoms with Gasteiger partial charge in [0.2, 0.25) is 0 Å². The number of benzene rings is 24. The summed E-state index contributed by atoms with van der Waals surface area (Å²) < 4.78 is 20.1. The highest BCUT2D eigenvalue weighted by Crippen LogP contribution is 2.49. The summed E-state index contributed by atoms with van der Waals surface area (Å²) in [5.41, 5.74) is 19.9. The molecule has 0 unspecified atom stereocenters. The number of nitrogens with zero attached hydrogens (tertiary/aromatic N) is 9. The molecule has 0 fully saturated rings. The van der Waals surface area contributed by atoms with E-state index in [-0.39, 0.29) is 0 Å². The molecule has 0 N–H and O–H groups in total. The van der Waals surface area contributed by atoms with Gasteiger partial charge in [0.05, 0.1) is 11.1 Å². The molecule has 12 nitrogen and oxygen atoms in total. The van der Waals surface area contributed by atoms with Crippen LogP contribution in [0.4, 0.5) is 0 Å². The summed E-state index contributed by atoms with van der Waals surface area (Å²) in [5, 5.41) is 27.5. The standard InChI is InChI=1S/3C45H27N3O/c1-2-12-31(13-3-1)43-46-44(32-21-18-29(19-22-32)34-23-20-28-10-4-5-14-33(28)26-34)48-45(47-43)38-27-35-15-7-9-17-37(35)41-40-36-16-8-6-11-30(36)24-25-39(40)49-42(38)41;1-2-12-31(13-3-1)43-46-44(32-21-18-29(19-22-32)34-23-20-28-10-4-5-14-33(28)26-34)48-45(47-43)41-37-17-9-7-15-35(37)27-38-40-36-16-8-6-11-30(36)24-25-39(40)49-42(38)41;1-2-12-31(13-3-1)43-46-44(32-21-18-29(19-22-32)34-23-20-28-10-4-5-14-33(28)26-34)48-45(47-43)38-27-40-42(37-17-9-8-16-36(37)38)41-35-15-7-6-11-30(35)24-25-39(41)49-40/h3*1-27H. The summed E-state index contributed by atoms with van der Waals surface area (Å²) in [4.78, 5) is 45.9. The Morgan fingerprint density at radius 3 is 0.823 bits per heavy atom. The van der Waals surface area contributed by atoms with Gasteiger partial charge in [-0.05, 0) is 185 Å². The van der Waals surface area contributed by atoms with E-state index in [1.54, 1.807) is 0 Å². The zero-order chi connectivity index (χ0) is 96.9. The van der Waals surface area contributed by atoms with Gasteiger partial charge in [-0.25, -0.2) is 44.9 Å². The van der Waals surface area contributed by atoms with E-state index >= 15 is 0 Å². The van der Waals surface area contributed by atoms with E-state index in [2.05, 4.69) is 400 Å². The average molecular weight is 1880 g/mol. The summed E-state index contributed by atoms with van der Waals surface area (Å²) in [7, 11) is 0. The molecule has 0 aliphatic carbocycles. The predicted molar refractivity (Wildman–Crippen MR) is 604 cm³/mol. The number of fused-ring (bicyclic) bond motifs is 23. The van der Waals surface area contributed by atoms with Crippen molar-refractivity contribution in [1.82, 2.24) is 44.9 Å². The van der Waals surface area contributed by atoms with Crippen molar-refractivity contribution in [3.63, 3.8) is 0 Å². The van der Waals surface area contributed by atoms with Crippen LogP contribution >= 0.6 is 0 Å². The van der Waals surface area contributed by atoms with Crippen molar-refractivity contribution >= 4 is 163 Å². The van der Waals surface area contributed by atoms with Crippen molar-refractivity contribution in [2.75, 3.05) is 0 Å². The minimum atomic E-state index is 0.571. The second-order valence-corrected chi connectivity index (χ2v) is 37.3. The minimum Gasteiger partial charge on any atom is -0.456 e. The first-order chi connectivity index (χ1) is 72.8. The largest absolute Gasteiger partial charge is 0.456 e. The van der Waals surface area contributed by atoms with Crippen molar-refractivity contribution < 1.29 is 13.3 Å². The molecular formula is C135H81N9O3. The summed E-state index contributed by atoms with van der Waals surface area (Å²) in [5.74, 6) is 5.44. The molecule has 0 radical (unpaired) electrons. The number of rotatable bonds is 12. The molecule has 0 amide bonds. The molecule has 6 heterocycles. The Bertz CT molecular complexity index is 10500. The molecule has 30 aromatic rings. The molecule has 0 bridgehead atoms. The van der Waals surface area contributed by atoms with Crippen LogP contribution in [0.15, 0.2) is 505 Å². The highest BCUT2D eigenvalue weighted by Gasteiger charge is 2.28. The van der Waals surface area contributed by atoms with E-state index in [0.717, 1.165) is 176 Å². The number of aromatic nitrogens is 9. The third-order valence-corrected chi connectivity index (χ3v) is 28.5. The van der Waals surface area contributed by atoms with Crippen LogP contribution in [0.3, 0.4) is 0 Å². The van der Waals surface area contributed by atoms with Crippen LogP contribution in [0.5, 0.6) is 0 Å². The van der Waals surface area contributed by atoms with Gasteiger partial charge in [-0.3, -0.25) is 0 Å². The fourth-order valence-corrected chi connectivity index (χ4v) is 21.3. The van der Waals surface area contributed by atoms with E-state index in [9.17, 15) is 0 Å². The second-order valence-electron chi connectivity index (χ2n) is 37.3. The van der Waals surface area contributed by atoms with E-state index in [1.165, 1.54) is 70.6 Å². The Hall–Kier alpha value is -20.0. The SMILES string of the molecule is c1ccc(-c2nc(-c3ccc(-c4ccc5ccccc5c4)cc3)nc(-c3c4ccccc4cc4c3oc3ccc5ccccc5c34)n2)cc1.c1ccc(-c2nc(-c3ccc(-c4ccc5ccccc5c4)cc3)nc(-c3cc4ccccc4c4c3oc3ccc5ccccc5c34)n2)cc1.c1ccc(-c2nc(-c3ccc(-c4ccc5ccccc5c4)cc3)nc(-c3cc4oc5ccc6ccccc6c5c4c4ccccc34)n2)cc1. The Labute approximate surface area is 842 Å². The van der Waals surface area contributed by atoms with E-state index in [1.807, 2.05) is 91.0 Å². The van der Waals surface area contributed by atoms with Gasteiger partial charge in [0.15, 0.2) is 52.4 Å². The van der Waals surface area contributed by atoms with Gasteiger partial charge in [-0.1, -0.05) is 437 Å². The van der Waals surface area contributed by atoms with Crippen molar-refractivity contribution in [2.24, 2.45) is 0 Å². The zero-order valence-corrected chi connectivity index (χ0v) is 79.0. The lowest BCUT2D eigenvalue weighted by Gasteiger charge is -2.11. The summed E-state index contributed by atoms with van der Waals surface area (Å²) >= 11 is 0. The zero-order valence-electron chi connectivity index (χ0n) is 79.0. The molecule has 0 spiro atoms. The lowest BCUT2D eigenvalue weighted by molar-refractivity contribution is 0.669. The highest BCUT2D eigenvalue weighted by molar-refractivity contribution is 6.31. The van der Waals surface area contributed by atoms with E-state index in [4.69, 9.17) is 58.1 Å². The van der Waals surface area contributed by atoms with Crippen LogP contribution < -0.4 is 0 Å². The Morgan fingerprint density at radius 2 is 0.395 bits per heavy atom. The summed E-state index contributed by atoms with van der Waals surface area (Å²) in [6.45, 7) is 0. The molecule has 0 saturated carbocycles. The maximum absolute atomic E-state index is 6.74. The number of hydrogen-bond donors (Lipinski definition) is 0. The first-order valence-electron chi connectivity index (χ1n) is 49.3. The quantitative estimate of drug-likeness (QED) is 0.114. The van der Waals surface area contributed by atoms with Crippen molar-refractivity contribution in [2.45, 2.75) is 0 Å². The van der Waals surface area contributed by atoms with Crippen molar-refractivity contribution in [3.8, 4) is 136 Å². The molecule has 0 atom stereocenters. The third-order valence-electron chi connectivity index (χ3n) is 28.5. The van der Waals surface area contributed by atoms with Crippen LogP contribution in [0.1, 0.15) is 0 Å². The lowest BCUT2D eigenvalue weighted by atomic mass is 9.96. The molecule has 0 saturated heterocycles. The van der Waals surface area contributed by atoms with Gasteiger partial charge in [-0.15, -0.1) is 0 Å². The molecule has 6 aromatic heterocycles. The van der Waals surface area contributed by atoms with Crippen LogP contribution in [-0.2, 0) is 0 Å². The maximum atomic E-state index is 6.74. The normalized spacial score (nSPS) is 11.7. The second kappa shape index (κ2) is 35.7. The van der Waals surface area contributed by atoms with Gasteiger partial charge in [-0.2, -0.15) is 0 Å². The molecule has 147 heavy (non-hydrogen) atoms. The Kier molecular flexibility index (Phi) is 20.6. The fourth-order valence-electron chi connectivity index (χ4n) is 21.3. The van der Waals surface area contributed by atoms with E-state index < -0.39 is 0 Å². The Balaban J connectivity index is 0.000000107. The van der Waals surface area contributed by atoms with Crippen LogP contribution in [0.2, 0.25) is 0 Å². The maximum Gasteiger partial charge on any atom is 0.168 e. The summed E-state index contributed by atoms with van der Waals surface area (Å²) in [6, 6.07) is 171. The van der Waals surface area contributed by atoms with Crippen molar-refractivity contribution in [1.29, 1.82) is 0 Å². The molecule has 684 valence electrons. The molecule has 30 rings (SSSR count). The molecule has 0 aliphatic heterocycles. The minimum absolute atomic E-state index is 0.571. The van der Waals surface area contributed by atoms with Gasteiger partial charge < -0.3 is 13.3 Å². The molecule has 24 aromatic carbocycles. The lowest BCUT2D eigenvalue weighted by Crippen LogP contribution is -2.01. The Morgan fingerprint density at radius 1 is 0.122 bits per heavy atom. The van der Waals surface area contributed by atoms with Gasteiger partial charge in [0, 0.05) is 71.3 Å². The smallest absolute Gasteiger partial charge is 0.168 e. The monoisotopic (exact) mass is 1880 g/mol. The van der Waals surface area contributed by atoms with Crippen LogP contribution in [0.25, 0.3) is 299 Å². The van der Waals surface area contributed by atoms with Crippen LogP contribution in [-0.4, -0.2) is 44.9 Å². The third kappa shape index (κ3) is 15.4. The molecule has 0 aliphatic rings. The molecule has 12 heteroatoms. The first-order valence-corrected chi connectivity index (χ1v) is 49.3.